The minimum atomic E-state index is 0.625. The Labute approximate surface area is 221 Å². The van der Waals surface area contributed by atoms with Crippen LogP contribution in [0, 0.1) is 13.8 Å². The molecule has 4 aromatic rings. The van der Waals surface area contributed by atoms with Crippen LogP contribution < -0.4 is 10.6 Å². The van der Waals surface area contributed by atoms with E-state index >= 15 is 0 Å². The molecule has 38 heavy (non-hydrogen) atoms. The van der Waals surface area contributed by atoms with Crippen LogP contribution in [0.15, 0.2) is 105 Å². The summed E-state index contributed by atoms with van der Waals surface area (Å²) in [5.74, 6) is 0. The molecule has 0 radical (unpaired) electrons. The van der Waals surface area contributed by atoms with Gasteiger partial charge in [-0.25, -0.2) is 0 Å². The normalized spacial score (nSPS) is 11.1. The number of rotatable bonds is 11. The van der Waals surface area contributed by atoms with Crippen LogP contribution in [0.2, 0.25) is 0 Å². The number of aldehydes is 2. The highest BCUT2D eigenvalue weighted by Gasteiger charge is 2.01. The van der Waals surface area contributed by atoms with Gasteiger partial charge in [-0.15, -0.1) is 0 Å². The van der Waals surface area contributed by atoms with Crippen molar-refractivity contribution in [2.75, 3.05) is 23.7 Å². The van der Waals surface area contributed by atoms with Gasteiger partial charge in [-0.2, -0.15) is 20.5 Å². The number of hydrogen-bond donors (Lipinski definition) is 2. The van der Waals surface area contributed by atoms with Crippen molar-refractivity contribution in [3.63, 3.8) is 0 Å². The van der Waals surface area contributed by atoms with Crippen LogP contribution in [0.5, 0.6) is 0 Å². The summed E-state index contributed by atoms with van der Waals surface area (Å²) in [6.07, 6.45) is 1.64. The van der Waals surface area contributed by atoms with Crippen molar-refractivity contribution in [1.29, 1.82) is 0 Å². The van der Waals surface area contributed by atoms with Crippen LogP contribution in [0.1, 0.15) is 31.8 Å². The molecule has 0 aliphatic heterocycles. The Morgan fingerprint density at radius 2 is 0.947 bits per heavy atom. The molecule has 0 amide bonds. The van der Waals surface area contributed by atoms with Gasteiger partial charge in [0.2, 0.25) is 0 Å². The van der Waals surface area contributed by atoms with Gasteiger partial charge >= 0.3 is 0 Å². The third-order valence-electron chi connectivity index (χ3n) is 5.78. The number of anilines is 2. The fraction of sp³-hybridized carbons (Fsp3) is 0.133. The summed E-state index contributed by atoms with van der Waals surface area (Å²) in [6.45, 7) is 5.28. The van der Waals surface area contributed by atoms with Crippen LogP contribution in [-0.4, -0.2) is 25.7 Å². The molecule has 4 aromatic carbocycles. The molecule has 0 aliphatic rings. The lowest BCUT2D eigenvalue weighted by atomic mass is 10.1. The van der Waals surface area contributed by atoms with Gasteiger partial charge in [0.1, 0.15) is 12.6 Å². The van der Waals surface area contributed by atoms with Gasteiger partial charge in [0.05, 0.1) is 22.7 Å². The first-order valence-electron chi connectivity index (χ1n) is 12.2. The number of aryl methyl sites for hydroxylation is 2. The van der Waals surface area contributed by atoms with Crippen LogP contribution in [0.25, 0.3) is 0 Å². The van der Waals surface area contributed by atoms with E-state index in [1.807, 2.05) is 62.4 Å². The number of hydrogen-bond acceptors (Lipinski definition) is 8. The largest absolute Gasteiger partial charge is 0.383 e. The molecule has 0 bridgehead atoms. The number of carbonyl (C=O) groups excluding carboxylic acids is 2. The van der Waals surface area contributed by atoms with Crippen molar-refractivity contribution >= 4 is 46.7 Å². The quantitative estimate of drug-likeness (QED) is 0.122. The zero-order chi connectivity index (χ0) is 26.7. The van der Waals surface area contributed by atoms with E-state index in [2.05, 4.69) is 31.1 Å². The van der Waals surface area contributed by atoms with E-state index in [9.17, 15) is 9.59 Å². The maximum Gasteiger partial charge on any atom is 0.150 e. The SMILES string of the molecule is Cc1cc(C=O)ccc1N=Nc1ccc(NCCNc2ccc(N=Nc3ccc(C=O)cc3C)cc2)cc1. The average molecular weight is 505 g/mol. The Morgan fingerprint density at radius 1 is 0.553 bits per heavy atom. The van der Waals surface area contributed by atoms with E-state index in [0.29, 0.717) is 11.1 Å². The van der Waals surface area contributed by atoms with Crippen LogP contribution in [0.3, 0.4) is 0 Å². The highest BCUT2D eigenvalue weighted by Crippen LogP contribution is 2.25. The van der Waals surface area contributed by atoms with Gasteiger partial charge in [-0.05, 0) is 110 Å². The maximum absolute atomic E-state index is 10.9. The van der Waals surface area contributed by atoms with Crippen molar-refractivity contribution in [2.24, 2.45) is 20.5 Å². The standard InChI is InChI=1S/C30H28N6O2/c1-21-17-23(19-37)3-13-29(21)35-33-27-9-5-25(6-10-27)31-15-16-32-26-7-11-28(12-8-26)34-36-30-14-4-24(20-38)18-22(30)2/h3-14,17-20,31-32H,15-16H2,1-2H3. The lowest BCUT2D eigenvalue weighted by Crippen LogP contribution is -2.13. The number of benzene rings is 4. The van der Waals surface area contributed by atoms with Gasteiger partial charge in [0, 0.05) is 35.6 Å². The molecule has 0 saturated heterocycles. The molecule has 0 spiro atoms. The highest BCUT2D eigenvalue weighted by molar-refractivity contribution is 5.77. The van der Waals surface area contributed by atoms with Gasteiger partial charge in [-0.3, -0.25) is 9.59 Å². The van der Waals surface area contributed by atoms with E-state index in [4.69, 9.17) is 0 Å². The summed E-state index contributed by atoms with van der Waals surface area (Å²) in [7, 11) is 0. The summed E-state index contributed by atoms with van der Waals surface area (Å²) in [5.41, 5.74) is 8.01. The van der Waals surface area contributed by atoms with Crippen molar-refractivity contribution in [1.82, 2.24) is 0 Å². The summed E-state index contributed by atoms with van der Waals surface area (Å²) in [4.78, 5) is 21.7. The van der Waals surface area contributed by atoms with Gasteiger partial charge in [-0.1, -0.05) is 0 Å². The minimum absolute atomic E-state index is 0.625. The molecule has 4 rings (SSSR count). The summed E-state index contributed by atoms with van der Waals surface area (Å²) >= 11 is 0. The van der Waals surface area contributed by atoms with Crippen LogP contribution >= 0.6 is 0 Å². The fourth-order valence-corrected chi connectivity index (χ4v) is 3.66. The predicted molar refractivity (Wildman–Crippen MR) is 151 cm³/mol. The molecule has 190 valence electrons. The molecule has 0 heterocycles. The number of nitrogens with zero attached hydrogens (tertiary/aromatic N) is 4. The molecule has 8 heteroatoms. The molecule has 0 saturated carbocycles. The first-order chi connectivity index (χ1) is 18.5. The third-order valence-corrected chi connectivity index (χ3v) is 5.78. The molecule has 8 nitrogen and oxygen atoms in total. The van der Waals surface area contributed by atoms with E-state index in [1.165, 1.54) is 0 Å². The second-order valence-corrected chi connectivity index (χ2v) is 8.67. The van der Waals surface area contributed by atoms with Crippen molar-refractivity contribution in [3.8, 4) is 0 Å². The first kappa shape index (κ1) is 26.1. The molecule has 0 atom stereocenters. The lowest BCUT2D eigenvalue weighted by Gasteiger charge is -2.09. The monoisotopic (exact) mass is 504 g/mol. The molecule has 2 N–H and O–H groups in total. The van der Waals surface area contributed by atoms with E-state index in [1.54, 1.807) is 36.4 Å². The van der Waals surface area contributed by atoms with Crippen molar-refractivity contribution in [2.45, 2.75) is 13.8 Å². The Bertz CT molecular complexity index is 1350. The smallest absolute Gasteiger partial charge is 0.150 e. The number of nitrogens with one attached hydrogen (secondary N) is 2. The van der Waals surface area contributed by atoms with E-state index in [-0.39, 0.29) is 0 Å². The third kappa shape index (κ3) is 7.27. The highest BCUT2D eigenvalue weighted by atomic mass is 16.1. The second-order valence-electron chi connectivity index (χ2n) is 8.67. The lowest BCUT2D eigenvalue weighted by molar-refractivity contribution is 0.111. The molecular weight excluding hydrogens is 476 g/mol. The first-order valence-corrected chi connectivity index (χ1v) is 12.2. The summed E-state index contributed by atoms with van der Waals surface area (Å²) in [6, 6.07) is 26.1. The van der Waals surface area contributed by atoms with Crippen molar-refractivity contribution < 1.29 is 9.59 Å². The number of azo groups is 2. The Balaban J connectivity index is 1.22. The topological polar surface area (TPSA) is 108 Å². The Morgan fingerprint density at radius 3 is 1.29 bits per heavy atom. The van der Waals surface area contributed by atoms with Crippen LogP contribution in [0.4, 0.5) is 34.1 Å². The minimum Gasteiger partial charge on any atom is -0.383 e. The zero-order valence-corrected chi connectivity index (χ0v) is 21.3. The summed E-state index contributed by atoms with van der Waals surface area (Å²) < 4.78 is 0. The molecule has 0 aliphatic carbocycles. The Hall–Kier alpha value is -4.98. The second kappa shape index (κ2) is 12.8. The van der Waals surface area contributed by atoms with Crippen molar-refractivity contribution in [3.05, 3.63) is 107 Å². The van der Waals surface area contributed by atoms with Gasteiger partial charge < -0.3 is 10.6 Å². The van der Waals surface area contributed by atoms with E-state index in [0.717, 1.165) is 70.9 Å². The molecule has 0 aromatic heterocycles. The number of carbonyl (C=O) groups is 2. The molecular formula is C30H28N6O2. The molecule has 0 unspecified atom stereocenters. The predicted octanol–water partition coefficient (Wildman–Crippen LogP) is 8.28. The van der Waals surface area contributed by atoms with Crippen LogP contribution in [-0.2, 0) is 0 Å². The zero-order valence-electron chi connectivity index (χ0n) is 21.3. The van der Waals surface area contributed by atoms with Gasteiger partial charge in [0.15, 0.2) is 0 Å². The summed E-state index contributed by atoms with van der Waals surface area (Å²) in [5, 5.41) is 23.9. The molecule has 0 fully saturated rings. The maximum atomic E-state index is 10.9. The fourth-order valence-electron chi connectivity index (χ4n) is 3.66. The van der Waals surface area contributed by atoms with Gasteiger partial charge in [0.25, 0.3) is 0 Å². The average Bonchev–Trinajstić information content (AvgIpc) is 2.95. The Kier molecular flexibility index (Phi) is 8.80. The van der Waals surface area contributed by atoms with E-state index < -0.39 is 0 Å².